The predicted octanol–water partition coefficient (Wildman–Crippen LogP) is 9.84. The Bertz CT molecular complexity index is 5770. The summed E-state index contributed by atoms with van der Waals surface area (Å²) in [6.45, 7) is 3.99. The number of hydrazine groups is 2. The first kappa shape index (κ1) is 101. The molecule has 42 nitrogen and oxygen atoms in total. The van der Waals surface area contributed by atoms with Gasteiger partial charge in [-0.05, 0) is 122 Å². The zero-order valence-corrected chi connectivity index (χ0v) is 72.5. The van der Waals surface area contributed by atoms with E-state index < -0.39 is 23.1 Å². The van der Waals surface area contributed by atoms with Crippen molar-refractivity contribution < 1.29 is 71.9 Å². The van der Waals surface area contributed by atoms with Gasteiger partial charge >= 0.3 is 29.2 Å². The lowest BCUT2D eigenvalue weighted by Gasteiger charge is -2.15. The van der Waals surface area contributed by atoms with Crippen molar-refractivity contribution in [1.82, 2.24) is 94.6 Å². The Hall–Kier alpha value is -13.9. The topological polar surface area (TPSA) is 598 Å². The molecule has 16 N–H and O–H groups in total. The van der Waals surface area contributed by atoms with Crippen molar-refractivity contribution in [1.29, 1.82) is 0 Å². The van der Waals surface area contributed by atoms with E-state index in [1.807, 2.05) is 88.6 Å². The van der Waals surface area contributed by atoms with Crippen LogP contribution in [0.1, 0.15) is 51.9 Å². The second kappa shape index (κ2) is 50.4. The lowest BCUT2D eigenvalue weighted by Crippen LogP contribution is -2.30. The highest BCUT2D eigenvalue weighted by Gasteiger charge is 2.27. The number of rotatable bonds is 20. The molecule has 1 aliphatic rings. The van der Waals surface area contributed by atoms with Gasteiger partial charge in [0, 0.05) is 69.6 Å². The van der Waals surface area contributed by atoms with E-state index in [2.05, 4.69) is 125 Å². The van der Waals surface area contributed by atoms with Crippen LogP contribution in [0.5, 0.6) is 23.0 Å². The first-order valence-electron chi connectivity index (χ1n) is 35.2. The second-order valence-electron chi connectivity index (χ2n) is 24.2. The molecule has 2 amide bonds. The van der Waals surface area contributed by atoms with Gasteiger partial charge < -0.3 is 65.7 Å². The summed E-state index contributed by atoms with van der Waals surface area (Å²) in [4.78, 5) is 102. The maximum atomic E-state index is 12.0. The van der Waals surface area contributed by atoms with Gasteiger partial charge in [-0.1, -0.05) is 89.2 Å². The number of anilines is 7. The van der Waals surface area contributed by atoms with Crippen molar-refractivity contribution in [2.75, 3.05) is 64.3 Å². The third kappa shape index (κ3) is 29.2. The number of nitrogens with two attached hydrogens (primary N) is 5. The van der Waals surface area contributed by atoms with Crippen LogP contribution in [0.4, 0.5) is 39.8 Å². The highest BCUT2D eigenvalue weighted by atomic mass is 35.5. The van der Waals surface area contributed by atoms with Crippen molar-refractivity contribution in [2.45, 2.75) is 33.1 Å². The number of nitrogen functional groups attached to an aromatic ring is 2. The number of aryl methyl sites for hydroxylation is 6. The Balaban J connectivity index is 0.000000269. The third-order valence-corrected chi connectivity index (χ3v) is 17.2. The number of aromatic nitrogens is 18. The van der Waals surface area contributed by atoms with Crippen LogP contribution in [0.3, 0.4) is 0 Å². The molecule has 0 atom stereocenters. The minimum Gasteiger partial charge on any atom is -0.494 e. The SMILES string of the molecule is CCc1cnc(Cl)cc1Cl.COC(=O)C(=O)Cl.COC(=O)c1nnc(-c2cnc(Cl)cc2Nc2cccc(-c3ncn(C)n3)c2OC)o1.COc1c(N)cccc1-c1ncn(C)n1.COc1c(Nc2cc(Cl)ncc2C(=O)NN)cccc1-c1ncn(C)n1.COc1c(Nc2cc(Cl)ncc2C)cccc1-c1ncn(C)n1.NC(=O)C1CC1.NN.O.O=C=O. The maximum absolute atomic E-state index is 12.0. The number of pyridine rings is 4. The van der Waals surface area contributed by atoms with Gasteiger partial charge in [0.1, 0.15) is 45.9 Å². The number of benzene rings is 4. The van der Waals surface area contributed by atoms with Gasteiger partial charge in [0.25, 0.3) is 11.8 Å². The Morgan fingerprint density at radius 2 is 0.903 bits per heavy atom. The number of methoxy groups -OCH3 is 6. The maximum Gasteiger partial charge on any atom is 0.396 e. The molecule has 0 spiro atoms. The summed E-state index contributed by atoms with van der Waals surface area (Å²) in [5.41, 5.74) is 22.8. The summed E-state index contributed by atoms with van der Waals surface area (Å²) in [6, 6.07) is 28.8. The molecule has 124 heavy (non-hydrogen) atoms. The molecule has 13 aromatic rings. The van der Waals surface area contributed by atoms with Gasteiger partial charge in [-0.15, -0.1) is 10.2 Å². The van der Waals surface area contributed by atoms with Crippen LogP contribution in [-0.4, -0.2) is 172 Å². The molecule has 9 aromatic heterocycles. The number of carbonyl (C=O) groups is 5. The number of carbonyl (C=O) groups excluding carboxylic acids is 7. The van der Waals surface area contributed by atoms with Crippen LogP contribution in [0.15, 0.2) is 152 Å². The molecule has 0 unspecified atom stereocenters. The summed E-state index contributed by atoms with van der Waals surface area (Å²) < 4.78 is 42.4. The lowest BCUT2D eigenvalue weighted by atomic mass is 10.1. The molecule has 0 bridgehead atoms. The van der Waals surface area contributed by atoms with Crippen molar-refractivity contribution in [3.63, 3.8) is 0 Å². The van der Waals surface area contributed by atoms with Crippen LogP contribution in [0, 0.1) is 12.8 Å². The monoisotopic (exact) mass is 1820 g/mol. The minimum atomic E-state index is -1.09. The molecule has 0 saturated heterocycles. The molecule has 1 aliphatic carbocycles. The first-order valence-corrected chi connectivity index (χ1v) is 37.5. The first-order chi connectivity index (χ1) is 59.0. The molecular weight excluding hydrogens is 1740 g/mol. The zero-order chi connectivity index (χ0) is 90.6. The van der Waals surface area contributed by atoms with Crippen molar-refractivity contribution in [3.05, 3.63) is 195 Å². The van der Waals surface area contributed by atoms with E-state index in [1.165, 1.54) is 25.6 Å². The summed E-state index contributed by atoms with van der Waals surface area (Å²) in [5, 5.41) is 35.4. The number of primary amides is 1. The molecule has 9 heterocycles. The lowest BCUT2D eigenvalue weighted by molar-refractivity contribution is -0.191. The standard InChI is InChI=1S/C19H16ClN7O4.C16H16ClN7O2.C16H16ClN5O.C10H12N4O.C7H7Cl2N.C4H7NO.C3H3ClO3.CO2.H4N2.H2O/c1-27-9-22-16(26-27)10-5-4-6-12(15(10)29-2)23-13-7-14(20)21-8-11(13)17-24-25-18(31-17)19(28)30-3;1-24-8-20-15(23-24)9-4-3-5-11(14(9)26-2)21-12-6-13(17)19-7-10(12)16(25)22-18;1-10-8-18-14(17)7-13(10)20-12-6-4-5-11(15(12)23-3)16-19-9-22(2)21-16;1-14-6-12-10(13-14)7-4-3-5-8(11)9(7)15-2;1-2-5-4-10-7(9)3-6(5)8;5-4(6)3-1-2-3;1-7-3(6)2(4)5;2-1-3;1-2;/h4-9H,1-3H3,(H,21,23);3-8H,18H2,1-2H3,(H,19,21)(H,22,25);4-9H,1-3H3,(H,18,20);3-6H,11H2,1-2H3;3-4H,2H2,1H3;3H,1-2H2,(H2,5,6);1H3;;1-2H2;1H2. The Morgan fingerprint density at radius 3 is 1.27 bits per heavy atom. The second-order valence-corrected chi connectivity index (χ2v) is 26.5. The van der Waals surface area contributed by atoms with E-state index in [1.54, 1.807) is 129 Å². The number of nitrogens with zero attached hydrogens (tertiary/aromatic N) is 18. The van der Waals surface area contributed by atoms with Gasteiger partial charge in [-0.2, -0.15) is 30.0 Å². The molecular formula is C76H83Cl6N27O15. The predicted molar refractivity (Wildman–Crippen MR) is 460 cm³/mol. The minimum absolute atomic E-state index is 0. The zero-order valence-electron chi connectivity index (χ0n) is 68.0. The average molecular weight is 1830 g/mol. The van der Waals surface area contributed by atoms with Crippen molar-refractivity contribution in [2.24, 2.45) is 57.4 Å². The van der Waals surface area contributed by atoms with E-state index in [9.17, 15) is 24.0 Å². The summed E-state index contributed by atoms with van der Waals surface area (Å²) in [5.74, 6) is 15.4. The highest BCUT2D eigenvalue weighted by Crippen LogP contribution is 2.42. The van der Waals surface area contributed by atoms with Crippen LogP contribution < -0.4 is 69.3 Å². The highest BCUT2D eigenvalue weighted by molar-refractivity contribution is 6.80. The molecule has 0 radical (unpaired) electrons. The number of hydrogen-bond acceptors (Lipinski definition) is 35. The van der Waals surface area contributed by atoms with Gasteiger partial charge in [0.05, 0.1) is 110 Å². The summed E-state index contributed by atoms with van der Waals surface area (Å²) in [7, 11) is 15.8. The number of nitrogens with one attached hydrogen (secondary N) is 4. The van der Waals surface area contributed by atoms with E-state index in [0.717, 1.165) is 60.0 Å². The van der Waals surface area contributed by atoms with Gasteiger partial charge in [0.2, 0.25) is 5.91 Å². The number of ether oxygens (including phenoxy) is 6. The van der Waals surface area contributed by atoms with Gasteiger partial charge in [-0.3, -0.25) is 50.2 Å². The number of amides is 2. The van der Waals surface area contributed by atoms with E-state index in [-0.39, 0.29) is 51.1 Å². The number of para-hydroxylation sites is 4. The van der Waals surface area contributed by atoms with Crippen molar-refractivity contribution >= 4 is 145 Å². The quantitative estimate of drug-likeness (QED) is 0.00500. The Labute approximate surface area is 737 Å². The van der Waals surface area contributed by atoms with Crippen LogP contribution >= 0.6 is 69.6 Å². The molecule has 654 valence electrons. The number of esters is 2. The van der Waals surface area contributed by atoms with E-state index in [4.69, 9.17) is 108 Å². The van der Waals surface area contributed by atoms with Crippen molar-refractivity contribution in [3.8, 4) is 80.0 Å². The molecule has 0 aliphatic heterocycles. The fraction of sp³-hybridized carbons (Fsp3) is 0.211. The smallest absolute Gasteiger partial charge is 0.396 e. The van der Waals surface area contributed by atoms with E-state index in [0.29, 0.717) is 107 Å². The summed E-state index contributed by atoms with van der Waals surface area (Å²) in [6.07, 6.45) is 15.9. The molecule has 4 aromatic carbocycles. The van der Waals surface area contributed by atoms with Gasteiger partial charge in [0.15, 0.2) is 46.3 Å². The van der Waals surface area contributed by atoms with Crippen LogP contribution in [0.2, 0.25) is 25.6 Å². The molecule has 14 rings (SSSR count). The number of halogens is 6. The fourth-order valence-electron chi connectivity index (χ4n) is 10.1. The molecule has 48 heteroatoms. The van der Waals surface area contributed by atoms with Gasteiger partial charge in [-0.25, -0.2) is 55.3 Å². The average Bonchev–Trinajstić information content (AvgIpc) is 1.79. The molecule has 1 saturated carbocycles. The normalized spacial score (nSPS) is 10.4. The molecule has 1 fully saturated rings. The fourth-order valence-corrected chi connectivity index (χ4v) is 11.2. The van der Waals surface area contributed by atoms with Crippen LogP contribution in [-0.2, 0) is 68.1 Å². The van der Waals surface area contributed by atoms with E-state index >= 15 is 0 Å². The third-order valence-electron chi connectivity index (χ3n) is 15.9. The largest absolute Gasteiger partial charge is 0.494 e. The van der Waals surface area contributed by atoms with Crippen LogP contribution in [0.25, 0.3) is 57.0 Å². The summed E-state index contributed by atoms with van der Waals surface area (Å²) >= 11 is 34.1. The Kier molecular flexibility index (Phi) is 40.9. The Morgan fingerprint density at radius 1 is 0.516 bits per heavy atom. The number of hydrogen-bond donors (Lipinski definition) is 9.